The van der Waals surface area contributed by atoms with Crippen LogP contribution in [-0.4, -0.2) is 35.2 Å². The highest BCUT2D eigenvalue weighted by molar-refractivity contribution is 9.10. The molecule has 2 rings (SSSR count). The molecule has 0 aromatic carbocycles. The molecular weight excluding hydrogens is 382 g/mol. The minimum absolute atomic E-state index is 0.0661. The standard InChI is InChI=1S/C15H20BrN3O3S/c1-2-3-4-7-23(21,22)11-15(20)17-8-13-10-19-9-12(16)5-6-14(19)18-13/h5-6,9-10H,2-4,7-8,11H2,1H3,(H,17,20). The van der Waals surface area contributed by atoms with Crippen molar-refractivity contribution in [2.75, 3.05) is 11.5 Å². The van der Waals surface area contributed by atoms with E-state index in [9.17, 15) is 13.2 Å². The lowest BCUT2D eigenvalue weighted by Crippen LogP contribution is -2.31. The molecule has 0 saturated carbocycles. The predicted octanol–water partition coefficient (Wildman–Crippen LogP) is 2.32. The zero-order valence-electron chi connectivity index (χ0n) is 13.0. The molecule has 1 amide bonds. The van der Waals surface area contributed by atoms with E-state index >= 15 is 0 Å². The van der Waals surface area contributed by atoms with Gasteiger partial charge in [-0.05, 0) is 34.5 Å². The van der Waals surface area contributed by atoms with Crippen molar-refractivity contribution in [1.29, 1.82) is 0 Å². The zero-order valence-corrected chi connectivity index (χ0v) is 15.4. The van der Waals surface area contributed by atoms with Gasteiger partial charge in [-0.2, -0.15) is 0 Å². The average molecular weight is 402 g/mol. The molecular formula is C15H20BrN3O3S. The lowest BCUT2D eigenvalue weighted by molar-refractivity contribution is -0.118. The number of carbonyl (C=O) groups excluding carboxylic acids is 1. The number of nitrogens with zero attached hydrogens (tertiary/aromatic N) is 2. The van der Waals surface area contributed by atoms with Crippen molar-refractivity contribution in [2.45, 2.75) is 32.7 Å². The van der Waals surface area contributed by atoms with Crippen LogP contribution in [0, 0.1) is 0 Å². The number of hydrogen-bond acceptors (Lipinski definition) is 4. The van der Waals surface area contributed by atoms with Crippen LogP contribution < -0.4 is 5.32 Å². The minimum Gasteiger partial charge on any atom is -0.350 e. The molecule has 0 fully saturated rings. The van der Waals surface area contributed by atoms with Crippen molar-refractivity contribution in [3.8, 4) is 0 Å². The molecule has 0 unspecified atom stereocenters. The van der Waals surface area contributed by atoms with Crippen LogP contribution in [0.4, 0.5) is 0 Å². The normalized spacial score (nSPS) is 11.7. The molecule has 0 spiro atoms. The van der Waals surface area contributed by atoms with Gasteiger partial charge in [0.15, 0.2) is 9.84 Å². The number of rotatable bonds is 8. The van der Waals surface area contributed by atoms with Crippen molar-refractivity contribution < 1.29 is 13.2 Å². The van der Waals surface area contributed by atoms with Gasteiger partial charge in [-0.3, -0.25) is 4.79 Å². The van der Waals surface area contributed by atoms with Crippen molar-refractivity contribution in [2.24, 2.45) is 0 Å². The van der Waals surface area contributed by atoms with Gasteiger partial charge in [0, 0.05) is 16.9 Å². The van der Waals surface area contributed by atoms with Crippen LogP contribution in [0.5, 0.6) is 0 Å². The number of halogens is 1. The number of imidazole rings is 1. The summed E-state index contributed by atoms with van der Waals surface area (Å²) in [7, 11) is -3.33. The fourth-order valence-electron chi connectivity index (χ4n) is 2.19. The van der Waals surface area contributed by atoms with Crippen molar-refractivity contribution in [3.05, 3.63) is 34.7 Å². The highest BCUT2D eigenvalue weighted by atomic mass is 79.9. The number of sulfone groups is 1. The Kier molecular flexibility index (Phi) is 6.17. The highest BCUT2D eigenvalue weighted by Gasteiger charge is 2.16. The summed E-state index contributed by atoms with van der Waals surface area (Å²) >= 11 is 3.38. The monoisotopic (exact) mass is 401 g/mol. The summed E-state index contributed by atoms with van der Waals surface area (Å²) in [6, 6.07) is 3.74. The molecule has 2 aromatic heterocycles. The molecule has 0 aliphatic carbocycles. The SMILES string of the molecule is CCCCCS(=O)(=O)CC(=O)NCc1cn2cc(Br)ccc2n1. The highest BCUT2D eigenvalue weighted by Crippen LogP contribution is 2.12. The van der Waals surface area contributed by atoms with Gasteiger partial charge < -0.3 is 9.72 Å². The van der Waals surface area contributed by atoms with E-state index in [-0.39, 0.29) is 12.3 Å². The molecule has 0 atom stereocenters. The first-order valence-corrected chi connectivity index (χ1v) is 10.1. The van der Waals surface area contributed by atoms with Gasteiger partial charge >= 0.3 is 0 Å². The summed E-state index contributed by atoms with van der Waals surface area (Å²) < 4.78 is 26.4. The van der Waals surface area contributed by atoms with Gasteiger partial charge in [0.2, 0.25) is 5.91 Å². The van der Waals surface area contributed by atoms with E-state index in [2.05, 4.69) is 26.2 Å². The van der Waals surface area contributed by atoms with E-state index in [1.165, 1.54) is 0 Å². The molecule has 0 aliphatic rings. The third-order valence-electron chi connectivity index (χ3n) is 3.34. The quantitative estimate of drug-likeness (QED) is 0.688. The van der Waals surface area contributed by atoms with Crippen molar-refractivity contribution in [1.82, 2.24) is 14.7 Å². The molecule has 2 aromatic rings. The van der Waals surface area contributed by atoms with E-state index in [0.717, 1.165) is 23.0 Å². The minimum atomic E-state index is -3.33. The summed E-state index contributed by atoms with van der Waals surface area (Å²) in [6.07, 6.45) is 6.08. The number of hydrogen-bond donors (Lipinski definition) is 1. The third-order valence-corrected chi connectivity index (χ3v) is 5.42. The second-order valence-electron chi connectivity index (χ2n) is 5.42. The van der Waals surface area contributed by atoms with E-state index in [1.807, 2.05) is 29.7 Å². The van der Waals surface area contributed by atoms with Crippen LogP contribution in [-0.2, 0) is 21.2 Å². The number of aromatic nitrogens is 2. The Morgan fingerprint density at radius 1 is 1.30 bits per heavy atom. The number of carbonyl (C=O) groups is 1. The Morgan fingerprint density at radius 2 is 2.09 bits per heavy atom. The first kappa shape index (κ1) is 17.9. The molecule has 1 N–H and O–H groups in total. The number of amides is 1. The van der Waals surface area contributed by atoms with Gasteiger partial charge in [0.1, 0.15) is 11.4 Å². The van der Waals surface area contributed by atoms with E-state index in [4.69, 9.17) is 0 Å². The van der Waals surface area contributed by atoms with Crippen LogP contribution in [0.25, 0.3) is 5.65 Å². The first-order valence-electron chi connectivity index (χ1n) is 7.50. The average Bonchev–Trinajstić information content (AvgIpc) is 2.86. The number of pyridine rings is 1. The lowest BCUT2D eigenvalue weighted by atomic mass is 10.3. The molecule has 23 heavy (non-hydrogen) atoms. The van der Waals surface area contributed by atoms with E-state index in [1.54, 1.807) is 6.20 Å². The Morgan fingerprint density at radius 3 is 2.83 bits per heavy atom. The van der Waals surface area contributed by atoms with Gasteiger partial charge in [0.25, 0.3) is 0 Å². The van der Waals surface area contributed by atoms with E-state index in [0.29, 0.717) is 12.1 Å². The van der Waals surface area contributed by atoms with Crippen LogP contribution in [0.3, 0.4) is 0 Å². The van der Waals surface area contributed by atoms with Crippen LogP contribution in [0.15, 0.2) is 29.0 Å². The number of nitrogens with one attached hydrogen (secondary N) is 1. The molecule has 0 radical (unpaired) electrons. The van der Waals surface area contributed by atoms with Gasteiger partial charge in [0.05, 0.1) is 18.0 Å². The Labute approximate surface area is 144 Å². The fraction of sp³-hybridized carbons (Fsp3) is 0.467. The van der Waals surface area contributed by atoms with E-state index < -0.39 is 21.5 Å². The molecule has 6 nitrogen and oxygen atoms in total. The van der Waals surface area contributed by atoms with Gasteiger partial charge in [-0.1, -0.05) is 19.8 Å². The molecule has 8 heteroatoms. The summed E-state index contributed by atoms with van der Waals surface area (Å²) in [6.45, 7) is 2.22. The predicted molar refractivity (Wildman–Crippen MR) is 92.9 cm³/mol. The Hall–Kier alpha value is -1.41. The summed E-state index contributed by atoms with van der Waals surface area (Å²) in [5.74, 6) is -0.883. The smallest absolute Gasteiger partial charge is 0.235 e. The second kappa shape index (κ2) is 7.92. The Balaban J connectivity index is 1.88. The van der Waals surface area contributed by atoms with Crippen LogP contribution in [0.2, 0.25) is 0 Å². The second-order valence-corrected chi connectivity index (χ2v) is 8.52. The topological polar surface area (TPSA) is 80.5 Å². The van der Waals surface area contributed by atoms with Crippen LogP contribution in [0.1, 0.15) is 31.9 Å². The van der Waals surface area contributed by atoms with Gasteiger partial charge in [-0.15, -0.1) is 0 Å². The number of unbranched alkanes of at least 4 members (excludes halogenated alkanes) is 2. The summed E-state index contributed by atoms with van der Waals surface area (Å²) in [4.78, 5) is 16.2. The maximum Gasteiger partial charge on any atom is 0.235 e. The summed E-state index contributed by atoms with van der Waals surface area (Å²) in [5, 5.41) is 2.62. The third kappa shape index (κ3) is 5.62. The number of fused-ring (bicyclic) bond motifs is 1. The fourth-order valence-corrected chi connectivity index (χ4v) is 3.83. The van der Waals surface area contributed by atoms with Gasteiger partial charge in [-0.25, -0.2) is 13.4 Å². The first-order chi connectivity index (χ1) is 10.9. The maximum absolute atomic E-state index is 11.8. The lowest BCUT2D eigenvalue weighted by Gasteiger charge is -2.05. The molecule has 0 bridgehead atoms. The Bertz CT molecular complexity index is 786. The zero-order chi connectivity index (χ0) is 16.9. The maximum atomic E-state index is 11.8. The summed E-state index contributed by atoms with van der Waals surface area (Å²) in [5.41, 5.74) is 1.45. The van der Waals surface area contributed by atoms with Crippen molar-refractivity contribution >= 4 is 37.3 Å². The molecule has 126 valence electrons. The van der Waals surface area contributed by atoms with Crippen LogP contribution >= 0.6 is 15.9 Å². The molecule has 0 saturated heterocycles. The molecule has 0 aliphatic heterocycles. The van der Waals surface area contributed by atoms with Crippen molar-refractivity contribution in [3.63, 3.8) is 0 Å². The molecule has 2 heterocycles. The largest absolute Gasteiger partial charge is 0.350 e.